The average Bonchev–Trinajstić information content (AvgIpc) is 2.90. The Labute approximate surface area is 230 Å². The van der Waals surface area contributed by atoms with Gasteiger partial charge >= 0.3 is 0 Å². The quantitative estimate of drug-likeness (QED) is 0.105. The highest BCUT2D eigenvalue weighted by atomic mass is 79.9. The molecule has 0 saturated carbocycles. The molecule has 37 heavy (non-hydrogen) atoms. The monoisotopic (exact) mass is 571 g/mol. The summed E-state index contributed by atoms with van der Waals surface area (Å²) in [6, 6.07) is 15.5. The Morgan fingerprint density at radius 3 is 2.19 bits per heavy atom. The van der Waals surface area contributed by atoms with E-state index in [1.54, 1.807) is 0 Å². The van der Waals surface area contributed by atoms with E-state index in [4.69, 9.17) is 4.74 Å². The van der Waals surface area contributed by atoms with Gasteiger partial charge in [-0.1, -0.05) is 117 Å². The Bertz CT molecular complexity index is 950. The van der Waals surface area contributed by atoms with E-state index in [0.717, 1.165) is 28.4 Å². The molecule has 6 nitrogen and oxygen atoms in total. The minimum absolute atomic E-state index is 0.0932. The molecule has 0 aliphatic carbocycles. The Kier molecular flexibility index (Phi) is 16.1. The van der Waals surface area contributed by atoms with E-state index < -0.39 is 0 Å². The molecule has 7 heteroatoms. The van der Waals surface area contributed by atoms with Crippen LogP contribution in [0.5, 0.6) is 5.75 Å². The number of ether oxygens (including phenoxy) is 1. The number of hydrazone groups is 1. The van der Waals surface area contributed by atoms with E-state index >= 15 is 0 Å². The molecule has 0 radical (unpaired) electrons. The molecule has 2 aromatic carbocycles. The molecular weight excluding hydrogens is 530 g/mol. The minimum Gasteiger partial charge on any atom is -0.488 e. The standard InChI is InChI=1S/C30H42BrN3O3/c1-2-3-4-5-6-7-8-9-10-11-15-18-29(35)32-23-30(36)34-33-22-26-21-27(31)19-20-28(26)37-24-25-16-13-12-14-17-25/h12-14,16-17,19-22H,2-11,15,18,23-24H2,1H3,(H,32,35)(H,34,36)/b33-22+. The number of nitrogens with one attached hydrogen (secondary N) is 2. The second-order valence-corrected chi connectivity index (χ2v) is 10.2. The molecule has 202 valence electrons. The highest BCUT2D eigenvalue weighted by Crippen LogP contribution is 2.23. The maximum Gasteiger partial charge on any atom is 0.259 e. The number of halogens is 1. The molecule has 2 amide bonds. The van der Waals surface area contributed by atoms with Crippen LogP contribution in [0.4, 0.5) is 0 Å². The second-order valence-electron chi connectivity index (χ2n) is 9.31. The minimum atomic E-state index is -0.370. The lowest BCUT2D eigenvalue weighted by atomic mass is 10.1. The lowest BCUT2D eigenvalue weighted by molar-refractivity contribution is -0.126. The van der Waals surface area contributed by atoms with Crippen LogP contribution in [-0.4, -0.2) is 24.6 Å². The normalized spacial score (nSPS) is 11.0. The SMILES string of the molecule is CCCCCCCCCCCCCC(=O)NCC(=O)N/N=C/c1cc(Br)ccc1OCc1ccccc1. The summed E-state index contributed by atoms with van der Waals surface area (Å²) in [6.45, 7) is 2.58. The predicted molar refractivity (Wildman–Crippen MR) is 155 cm³/mol. The van der Waals surface area contributed by atoms with Crippen molar-refractivity contribution in [3.8, 4) is 5.75 Å². The zero-order valence-corrected chi connectivity index (χ0v) is 23.7. The van der Waals surface area contributed by atoms with Crippen molar-refractivity contribution < 1.29 is 14.3 Å². The molecule has 0 fully saturated rings. The number of carbonyl (C=O) groups is 2. The zero-order valence-electron chi connectivity index (χ0n) is 22.1. The maximum absolute atomic E-state index is 12.1. The number of nitrogens with zero attached hydrogens (tertiary/aromatic N) is 1. The fourth-order valence-electron chi connectivity index (χ4n) is 3.92. The first kappa shape index (κ1) is 30.6. The molecule has 0 aliphatic heterocycles. The maximum atomic E-state index is 12.1. The van der Waals surface area contributed by atoms with Crippen LogP contribution >= 0.6 is 15.9 Å². The third-order valence-corrected chi connectivity index (χ3v) is 6.55. The van der Waals surface area contributed by atoms with Crippen molar-refractivity contribution in [2.75, 3.05) is 6.54 Å². The largest absolute Gasteiger partial charge is 0.488 e. The number of hydrogen-bond acceptors (Lipinski definition) is 4. The summed E-state index contributed by atoms with van der Waals surface area (Å²) in [7, 11) is 0. The number of hydrogen-bond donors (Lipinski definition) is 2. The third-order valence-electron chi connectivity index (χ3n) is 6.06. The third kappa shape index (κ3) is 14.6. The fourth-order valence-corrected chi connectivity index (χ4v) is 4.30. The molecule has 2 N–H and O–H groups in total. The van der Waals surface area contributed by atoms with Crippen LogP contribution in [0.15, 0.2) is 58.1 Å². The fraction of sp³-hybridized carbons (Fsp3) is 0.500. The number of benzene rings is 2. The van der Waals surface area contributed by atoms with Crippen molar-refractivity contribution in [1.29, 1.82) is 0 Å². The van der Waals surface area contributed by atoms with Crippen LogP contribution in [-0.2, 0) is 16.2 Å². The summed E-state index contributed by atoms with van der Waals surface area (Å²) in [6.07, 6.45) is 15.7. The predicted octanol–water partition coefficient (Wildman–Crippen LogP) is 7.30. The van der Waals surface area contributed by atoms with Crippen LogP contribution in [0.3, 0.4) is 0 Å². The lowest BCUT2D eigenvalue weighted by Crippen LogP contribution is -2.34. The van der Waals surface area contributed by atoms with E-state index in [0.29, 0.717) is 18.8 Å². The van der Waals surface area contributed by atoms with Gasteiger partial charge in [-0.15, -0.1) is 0 Å². The summed E-state index contributed by atoms with van der Waals surface area (Å²) in [5.41, 5.74) is 4.25. The van der Waals surface area contributed by atoms with Gasteiger partial charge < -0.3 is 10.1 Å². The van der Waals surface area contributed by atoms with Crippen LogP contribution in [0.25, 0.3) is 0 Å². The number of rotatable bonds is 19. The molecule has 0 saturated heterocycles. The van der Waals surface area contributed by atoms with E-state index in [1.807, 2.05) is 48.5 Å². The first-order valence-electron chi connectivity index (χ1n) is 13.6. The summed E-state index contributed by atoms with van der Waals surface area (Å²) in [5, 5.41) is 6.70. The molecule has 0 atom stereocenters. The molecule has 2 aromatic rings. The highest BCUT2D eigenvalue weighted by molar-refractivity contribution is 9.10. The molecular formula is C30H42BrN3O3. The number of carbonyl (C=O) groups excluding carboxylic acids is 2. The van der Waals surface area contributed by atoms with Gasteiger partial charge in [0.1, 0.15) is 12.4 Å². The molecule has 0 aliphatic rings. The van der Waals surface area contributed by atoms with Gasteiger partial charge in [0.05, 0.1) is 12.8 Å². The van der Waals surface area contributed by atoms with Crippen LogP contribution in [0.1, 0.15) is 95.1 Å². The first-order chi connectivity index (χ1) is 18.1. The smallest absolute Gasteiger partial charge is 0.259 e. The molecule has 0 bridgehead atoms. The topological polar surface area (TPSA) is 79.8 Å². The number of unbranched alkanes of at least 4 members (excludes halogenated alkanes) is 10. The van der Waals surface area contributed by atoms with Crippen LogP contribution in [0, 0.1) is 0 Å². The van der Waals surface area contributed by atoms with Crippen molar-refractivity contribution in [1.82, 2.24) is 10.7 Å². The molecule has 0 unspecified atom stereocenters. The van der Waals surface area contributed by atoms with E-state index in [9.17, 15) is 9.59 Å². The Balaban J connectivity index is 1.58. The first-order valence-corrected chi connectivity index (χ1v) is 14.4. The Morgan fingerprint density at radius 1 is 0.865 bits per heavy atom. The molecule has 0 aromatic heterocycles. The molecule has 0 heterocycles. The summed E-state index contributed by atoms with van der Waals surface area (Å²) in [5.74, 6) is 0.189. The Hall–Kier alpha value is -2.67. The van der Waals surface area contributed by atoms with Crippen molar-refractivity contribution in [2.45, 2.75) is 90.6 Å². The van der Waals surface area contributed by atoms with Crippen molar-refractivity contribution in [3.05, 3.63) is 64.1 Å². The van der Waals surface area contributed by atoms with Gasteiger partial charge in [0.2, 0.25) is 5.91 Å². The summed E-state index contributed by atoms with van der Waals surface area (Å²) >= 11 is 3.45. The average molecular weight is 573 g/mol. The van der Waals surface area contributed by atoms with Gasteiger partial charge in [0.15, 0.2) is 0 Å². The molecule has 2 rings (SSSR count). The van der Waals surface area contributed by atoms with Crippen molar-refractivity contribution in [2.24, 2.45) is 5.10 Å². The van der Waals surface area contributed by atoms with Gasteiger partial charge in [0, 0.05) is 16.5 Å². The second kappa shape index (κ2) is 19.4. The van der Waals surface area contributed by atoms with E-state index in [2.05, 4.69) is 38.7 Å². The van der Waals surface area contributed by atoms with Gasteiger partial charge in [-0.2, -0.15) is 5.10 Å². The summed E-state index contributed by atoms with van der Waals surface area (Å²) < 4.78 is 6.80. The van der Waals surface area contributed by atoms with Crippen molar-refractivity contribution in [3.63, 3.8) is 0 Å². The van der Waals surface area contributed by atoms with Gasteiger partial charge in [-0.25, -0.2) is 5.43 Å². The van der Waals surface area contributed by atoms with Crippen LogP contribution < -0.4 is 15.5 Å². The van der Waals surface area contributed by atoms with Gasteiger partial charge in [-0.3, -0.25) is 9.59 Å². The van der Waals surface area contributed by atoms with Gasteiger partial charge in [-0.05, 0) is 30.2 Å². The van der Waals surface area contributed by atoms with Gasteiger partial charge in [0.25, 0.3) is 5.91 Å². The highest BCUT2D eigenvalue weighted by Gasteiger charge is 2.06. The number of amides is 2. The molecule has 0 spiro atoms. The zero-order chi connectivity index (χ0) is 26.6. The summed E-state index contributed by atoms with van der Waals surface area (Å²) in [4.78, 5) is 24.1. The lowest BCUT2D eigenvalue weighted by Gasteiger charge is -2.10. The van der Waals surface area contributed by atoms with E-state index in [-0.39, 0.29) is 18.4 Å². The van der Waals surface area contributed by atoms with Crippen molar-refractivity contribution >= 4 is 34.0 Å². The van der Waals surface area contributed by atoms with Crippen LogP contribution in [0.2, 0.25) is 0 Å². The van der Waals surface area contributed by atoms with E-state index in [1.165, 1.54) is 64.0 Å². The Morgan fingerprint density at radius 2 is 1.51 bits per heavy atom.